The highest BCUT2D eigenvalue weighted by Gasteiger charge is 2.15. The van der Waals surface area contributed by atoms with Crippen molar-refractivity contribution < 1.29 is 24.9 Å². The van der Waals surface area contributed by atoms with Crippen LogP contribution < -0.4 is 5.32 Å². The number of amides is 1. The Kier molecular flexibility index (Phi) is 7.56. The van der Waals surface area contributed by atoms with Gasteiger partial charge in [-0.3, -0.25) is 4.79 Å². The van der Waals surface area contributed by atoms with Crippen molar-refractivity contribution in [3.8, 4) is 11.5 Å². The molecule has 118 valence electrons. The minimum absolute atomic E-state index is 0.0207. The molecule has 1 unspecified atom stereocenters. The van der Waals surface area contributed by atoms with E-state index >= 15 is 0 Å². The summed E-state index contributed by atoms with van der Waals surface area (Å²) < 4.78 is 4.89. The zero-order valence-electron chi connectivity index (χ0n) is 12.2. The van der Waals surface area contributed by atoms with Crippen LogP contribution in [0.2, 0.25) is 0 Å². The number of aliphatic hydroxyl groups excluding tert-OH is 1. The average molecular weight is 297 g/mol. The van der Waals surface area contributed by atoms with Gasteiger partial charge >= 0.3 is 0 Å². The molecular formula is C15H23NO5. The lowest BCUT2D eigenvalue weighted by Crippen LogP contribution is -2.28. The lowest BCUT2D eigenvalue weighted by molar-refractivity contribution is -0.122. The number of benzene rings is 1. The third kappa shape index (κ3) is 6.46. The van der Waals surface area contributed by atoms with Gasteiger partial charge in [-0.2, -0.15) is 0 Å². The van der Waals surface area contributed by atoms with E-state index in [2.05, 4.69) is 5.32 Å². The van der Waals surface area contributed by atoms with E-state index in [9.17, 15) is 20.1 Å². The molecule has 0 aromatic heterocycles. The molecule has 6 nitrogen and oxygen atoms in total. The van der Waals surface area contributed by atoms with E-state index < -0.39 is 0 Å². The molecule has 1 aromatic rings. The first-order valence-corrected chi connectivity index (χ1v) is 6.94. The van der Waals surface area contributed by atoms with Crippen LogP contribution in [0.1, 0.15) is 18.4 Å². The van der Waals surface area contributed by atoms with Gasteiger partial charge in [-0.05, 0) is 30.4 Å². The summed E-state index contributed by atoms with van der Waals surface area (Å²) in [5, 5.41) is 31.1. The quantitative estimate of drug-likeness (QED) is 0.505. The van der Waals surface area contributed by atoms with Crippen molar-refractivity contribution >= 4 is 5.91 Å². The molecule has 4 N–H and O–H groups in total. The Bertz CT molecular complexity index is 450. The normalized spacial score (nSPS) is 12.1. The van der Waals surface area contributed by atoms with E-state index in [1.807, 2.05) is 0 Å². The molecule has 0 heterocycles. The molecule has 0 aliphatic rings. The van der Waals surface area contributed by atoms with Crippen molar-refractivity contribution in [1.29, 1.82) is 0 Å². The standard InChI is InChI=1S/C15H23NO5/c1-21-6-2-5-16-15(20)8-11(10-17)7-12-3-4-13(18)9-14(12)19/h3-4,9,11,17-19H,2,5-8,10H2,1H3,(H,16,20). The van der Waals surface area contributed by atoms with Crippen molar-refractivity contribution in [3.63, 3.8) is 0 Å². The fraction of sp³-hybridized carbons (Fsp3) is 0.533. The van der Waals surface area contributed by atoms with Crippen LogP contribution in [0.25, 0.3) is 0 Å². The van der Waals surface area contributed by atoms with Gasteiger partial charge in [0.15, 0.2) is 0 Å². The highest BCUT2D eigenvalue weighted by atomic mass is 16.5. The zero-order valence-corrected chi connectivity index (χ0v) is 12.2. The van der Waals surface area contributed by atoms with Crippen molar-refractivity contribution in [1.82, 2.24) is 5.32 Å². The Morgan fingerprint density at radius 2 is 2.14 bits per heavy atom. The molecular weight excluding hydrogens is 274 g/mol. The summed E-state index contributed by atoms with van der Waals surface area (Å²) >= 11 is 0. The largest absolute Gasteiger partial charge is 0.508 e. The van der Waals surface area contributed by atoms with Gasteiger partial charge in [-0.1, -0.05) is 6.07 Å². The van der Waals surface area contributed by atoms with E-state index in [1.165, 1.54) is 12.1 Å². The van der Waals surface area contributed by atoms with Crippen LogP contribution in [-0.4, -0.2) is 48.1 Å². The smallest absolute Gasteiger partial charge is 0.220 e. The second kappa shape index (κ2) is 9.20. The molecule has 0 radical (unpaired) electrons. The van der Waals surface area contributed by atoms with Crippen LogP contribution >= 0.6 is 0 Å². The Morgan fingerprint density at radius 1 is 1.38 bits per heavy atom. The summed E-state index contributed by atoms with van der Waals surface area (Å²) in [6.07, 6.45) is 1.29. The van der Waals surface area contributed by atoms with Gasteiger partial charge < -0.3 is 25.4 Å². The fourth-order valence-electron chi connectivity index (χ4n) is 2.02. The van der Waals surface area contributed by atoms with E-state index in [-0.39, 0.29) is 36.4 Å². The van der Waals surface area contributed by atoms with Gasteiger partial charge in [0.1, 0.15) is 11.5 Å². The van der Waals surface area contributed by atoms with Crippen molar-refractivity contribution in [2.24, 2.45) is 5.92 Å². The van der Waals surface area contributed by atoms with Crippen LogP contribution in [-0.2, 0) is 16.0 Å². The molecule has 1 atom stereocenters. The van der Waals surface area contributed by atoms with Crippen molar-refractivity contribution in [2.45, 2.75) is 19.3 Å². The molecule has 0 aliphatic heterocycles. The third-order valence-corrected chi connectivity index (χ3v) is 3.16. The van der Waals surface area contributed by atoms with Gasteiger partial charge in [0.25, 0.3) is 0 Å². The van der Waals surface area contributed by atoms with Gasteiger partial charge in [0.05, 0.1) is 0 Å². The summed E-state index contributed by atoms with van der Waals surface area (Å²) in [5.41, 5.74) is 0.596. The monoisotopic (exact) mass is 297 g/mol. The summed E-state index contributed by atoms with van der Waals surface area (Å²) in [5.74, 6) is -0.465. The van der Waals surface area contributed by atoms with Crippen LogP contribution in [0.3, 0.4) is 0 Å². The summed E-state index contributed by atoms with van der Waals surface area (Å²) in [6.45, 7) is 0.978. The second-order valence-corrected chi connectivity index (χ2v) is 4.97. The molecule has 1 amide bonds. The van der Waals surface area contributed by atoms with Gasteiger partial charge in [-0.25, -0.2) is 0 Å². The SMILES string of the molecule is COCCCNC(=O)CC(CO)Cc1ccc(O)cc1O. The zero-order chi connectivity index (χ0) is 15.7. The molecule has 6 heteroatoms. The van der Waals surface area contributed by atoms with Gasteiger partial charge in [0, 0.05) is 39.4 Å². The Hall–Kier alpha value is -1.79. The maximum absolute atomic E-state index is 11.7. The van der Waals surface area contributed by atoms with E-state index in [0.29, 0.717) is 25.1 Å². The third-order valence-electron chi connectivity index (χ3n) is 3.16. The summed E-state index contributed by atoms with van der Waals surface area (Å²) in [4.78, 5) is 11.7. The summed E-state index contributed by atoms with van der Waals surface area (Å²) in [7, 11) is 1.60. The summed E-state index contributed by atoms with van der Waals surface area (Å²) in [6, 6.07) is 4.30. The van der Waals surface area contributed by atoms with Crippen LogP contribution in [0.4, 0.5) is 0 Å². The minimum atomic E-state index is -0.275. The van der Waals surface area contributed by atoms with E-state index in [0.717, 1.165) is 6.42 Å². The second-order valence-electron chi connectivity index (χ2n) is 4.97. The maximum atomic E-state index is 11.7. The Balaban J connectivity index is 2.45. The average Bonchev–Trinajstić information content (AvgIpc) is 2.45. The number of ether oxygens (including phenoxy) is 1. The highest BCUT2D eigenvalue weighted by molar-refractivity contribution is 5.76. The Morgan fingerprint density at radius 3 is 2.76 bits per heavy atom. The molecule has 0 bridgehead atoms. The van der Waals surface area contributed by atoms with Crippen molar-refractivity contribution in [2.75, 3.05) is 26.9 Å². The van der Waals surface area contributed by atoms with Crippen LogP contribution in [0, 0.1) is 5.92 Å². The van der Waals surface area contributed by atoms with Crippen molar-refractivity contribution in [3.05, 3.63) is 23.8 Å². The number of hydrogen-bond acceptors (Lipinski definition) is 5. The number of nitrogens with one attached hydrogen (secondary N) is 1. The maximum Gasteiger partial charge on any atom is 0.220 e. The number of carbonyl (C=O) groups excluding carboxylic acids is 1. The number of aromatic hydroxyl groups is 2. The molecule has 0 saturated carbocycles. The number of phenols is 2. The fourth-order valence-corrected chi connectivity index (χ4v) is 2.02. The first-order valence-electron chi connectivity index (χ1n) is 6.94. The van der Waals surface area contributed by atoms with Crippen LogP contribution in [0.15, 0.2) is 18.2 Å². The number of carbonyl (C=O) groups is 1. The molecule has 1 rings (SSSR count). The predicted octanol–water partition coefficient (Wildman–Crippen LogP) is 0.792. The lowest BCUT2D eigenvalue weighted by atomic mass is 9.96. The number of methoxy groups -OCH3 is 1. The minimum Gasteiger partial charge on any atom is -0.508 e. The molecule has 21 heavy (non-hydrogen) atoms. The Labute approximate surface area is 124 Å². The first-order chi connectivity index (χ1) is 10.1. The topological polar surface area (TPSA) is 99.0 Å². The highest BCUT2D eigenvalue weighted by Crippen LogP contribution is 2.25. The number of hydrogen-bond donors (Lipinski definition) is 4. The number of aliphatic hydroxyl groups is 1. The van der Waals surface area contributed by atoms with Gasteiger partial charge in [0.2, 0.25) is 5.91 Å². The molecule has 0 fully saturated rings. The predicted molar refractivity (Wildman–Crippen MR) is 78.2 cm³/mol. The van der Waals surface area contributed by atoms with E-state index in [4.69, 9.17) is 4.74 Å². The lowest BCUT2D eigenvalue weighted by Gasteiger charge is -2.15. The number of phenolic OH excluding ortho intramolecular Hbond substituents is 2. The van der Waals surface area contributed by atoms with Crippen LogP contribution in [0.5, 0.6) is 11.5 Å². The van der Waals surface area contributed by atoms with E-state index in [1.54, 1.807) is 13.2 Å². The molecule has 0 aliphatic carbocycles. The molecule has 0 spiro atoms. The molecule has 1 aromatic carbocycles. The molecule has 0 saturated heterocycles. The first kappa shape index (κ1) is 17.3. The van der Waals surface area contributed by atoms with Gasteiger partial charge in [-0.15, -0.1) is 0 Å². The number of rotatable bonds is 9.